The summed E-state index contributed by atoms with van der Waals surface area (Å²) in [6, 6.07) is 0. The van der Waals surface area contributed by atoms with Gasteiger partial charge in [0.2, 0.25) is 0 Å². The standard InChI is InChI=1S/C53H100O9/c1-3-5-7-9-11-13-15-17-19-20-21-22-23-24-25-26-27-29-31-33-35-37-39-41-43-59-45-47(46-60-53-52(58)51(57)50(56)48(44-54)62-53)61-49(55)42-40-38-36-34-32-30-28-18-16-14-12-10-8-6-4-2/h15,17,20-21,47-48,50-54,56-58H,3-14,16,18-19,22-46H2,1-2H3/b17-15-,21-20-. The molecule has 62 heavy (non-hydrogen) atoms. The van der Waals surface area contributed by atoms with Gasteiger partial charge in [0.1, 0.15) is 30.5 Å². The molecule has 0 aromatic carbocycles. The molecule has 0 aliphatic carbocycles. The SMILES string of the molecule is CCCCCCC/C=C\C/C=C\CCCCCCCCCCCCCCOCC(COC1OC(CO)C(O)C(O)C1O)OC(=O)CCCCCCCCCCCCCCCCC. The Kier molecular flexibility index (Phi) is 42.5. The van der Waals surface area contributed by atoms with Gasteiger partial charge in [-0.1, -0.05) is 218 Å². The van der Waals surface area contributed by atoms with E-state index in [-0.39, 0.29) is 19.2 Å². The maximum absolute atomic E-state index is 12.8. The van der Waals surface area contributed by atoms with E-state index in [2.05, 4.69) is 38.2 Å². The number of hydrogen-bond acceptors (Lipinski definition) is 9. The lowest BCUT2D eigenvalue weighted by molar-refractivity contribution is -0.305. The van der Waals surface area contributed by atoms with E-state index in [0.717, 1.165) is 38.5 Å². The Bertz CT molecular complexity index is 1000. The average Bonchev–Trinajstić information content (AvgIpc) is 3.27. The molecule has 1 heterocycles. The highest BCUT2D eigenvalue weighted by Crippen LogP contribution is 2.23. The first-order valence-corrected chi connectivity index (χ1v) is 26.4. The van der Waals surface area contributed by atoms with Crippen molar-refractivity contribution in [1.29, 1.82) is 0 Å². The summed E-state index contributed by atoms with van der Waals surface area (Å²) >= 11 is 0. The third-order valence-electron chi connectivity index (χ3n) is 12.4. The van der Waals surface area contributed by atoms with Crippen molar-refractivity contribution in [1.82, 2.24) is 0 Å². The largest absolute Gasteiger partial charge is 0.457 e. The molecule has 9 nitrogen and oxygen atoms in total. The molecule has 0 amide bonds. The number of allylic oxidation sites excluding steroid dienone is 4. The van der Waals surface area contributed by atoms with Crippen molar-refractivity contribution >= 4 is 5.97 Å². The summed E-state index contributed by atoms with van der Waals surface area (Å²) in [5, 5.41) is 40.2. The second-order valence-corrected chi connectivity index (χ2v) is 18.3. The van der Waals surface area contributed by atoms with Crippen molar-refractivity contribution in [2.75, 3.05) is 26.4 Å². The molecule has 1 rings (SSSR count). The first kappa shape index (κ1) is 58.7. The fraction of sp³-hybridized carbons (Fsp3) is 0.906. The fourth-order valence-electron chi connectivity index (χ4n) is 8.23. The number of aliphatic hydroxyl groups excluding tert-OH is 4. The smallest absolute Gasteiger partial charge is 0.306 e. The summed E-state index contributed by atoms with van der Waals surface area (Å²) in [7, 11) is 0. The zero-order valence-electron chi connectivity index (χ0n) is 40.4. The number of aliphatic hydroxyl groups is 4. The van der Waals surface area contributed by atoms with Crippen LogP contribution in [0.25, 0.3) is 0 Å². The van der Waals surface area contributed by atoms with Crippen molar-refractivity contribution < 1.29 is 44.2 Å². The van der Waals surface area contributed by atoms with Crippen LogP contribution >= 0.6 is 0 Å². The minimum Gasteiger partial charge on any atom is -0.457 e. The Morgan fingerprint density at radius 1 is 0.516 bits per heavy atom. The van der Waals surface area contributed by atoms with E-state index in [1.54, 1.807) is 0 Å². The summed E-state index contributed by atoms with van der Waals surface area (Å²) in [6.45, 7) is 4.59. The Balaban J connectivity index is 2.16. The summed E-state index contributed by atoms with van der Waals surface area (Å²) in [4.78, 5) is 12.8. The molecule has 1 aliphatic heterocycles. The summed E-state index contributed by atoms with van der Waals surface area (Å²) in [6.07, 6.45) is 46.4. The Labute approximate surface area is 381 Å². The minimum atomic E-state index is -1.53. The van der Waals surface area contributed by atoms with Gasteiger partial charge in [-0.05, 0) is 44.9 Å². The van der Waals surface area contributed by atoms with Crippen molar-refractivity contribution in [2.45, 2.75) is 282 Å². The van der Waals surface area contributed by atoms with Crippen LogP contribution in [0.5, 0.6) is 0 Å². The summed E-state index contributed by atoms with van der Waals surface area (Å²) < 4.78 is 22.9. The maximum atomic E-state index is 12.8. The Morgan fingerprint density at radius 3 is 1.39 bits per heavy atom. The van der Waals surface area contributed by atoms with Crippen LogP contribution in [0.15, 0.2) is 24.3 Å². The van der Waals surface area contributed by atoms with Crippen LogP contribution < -0.4 is 0 Å². The van der Waals surface area contributed by atoms with Crippen LogP contribution in [0.3, 0.4) is 0 Å². The van der Waals surface area contributed by atoms with Gasteiger partial charge in [0.15, 0.2) is 6.29 Å². The lowest BCUT2D eigenvalue weighted by atomic mass is 9.99. The number of ether oxygens (including phenoxy) is 4. The highest BCUT2D eigenvalue weighted by Gasteiger charge is 2.44. The van der Waals surface area contributed by atoms with E-state index < -0.39 is 43.4 Å². The first-order valence-electron chi connectivity index (χ1n) is 26.4. The second-order valence-electron chi connectivity index (χ2n) is 18.3. The fourth-order valence-corrected chi connectivity index (χ4v) is 8.23. The molecule has 0 bridgehead atoms. The molecule has 6 atom stereocenters. The van der Waals surface area contributed by atoms with E-state index in [0.29, 0.717) is 13.0 Å². The molecule has 4 N–H and O–H groups in total. The van der Waals surface area contributed by atoms with E-state index in [9.17, 15) is 25.2 Å². The highest BCUT2D eigenvalue weighted by molar-refractivity contribution is 5.69. The monoisotopic (exact) mass is 881 g/mol. The Hall–Kier alpha value is -1.33. The summed E-state index contributed by atoms with van der Waals surface area (Å²) in [5.74, 6) is -0.309. The third-order valence-corrected chi connectivity index (χ3v) is 12.4. The molecule has 6 unspecified atom stereocenters. The lowest BCUT2D eigenvalue weighted by Crippen LogP contribution is -2.59. The van der Waals surface area contributed by atoms with Gasteiger partial charge in [-0.2, -0.15) is 0 Å². The molecule has 0 radical (unpaired) electrons. The number of hydrogen-bond donors (Lipinski definition) is 4. The van der Waals surface area contributed by atoms with Crippen LogP contribution in [0.2, 0.25) is 0 Å². The number of carbonyl (C=O) groups is 1. The van der Waals surface area contributed by atoms with Crippen LogP contribution in [0, 0.1) is 0 Å². The first-order chi connectivity index (χ1) is 30.4. The molecular formula is C53H100O9. The average molecular weight is 881 g/mol. The van der Waals surface area contributed by atoms with Gasteiger partial charge in [-0.15, -0.1) is 0 Å². The van der Waals surface area contributed by atoms with Gasteiger partial charge >= 0.3 is 5.97 Å². The zero-order valence-corrected chi connectivity index (χ0v) is 40.4. The van der Waals surface area contributed by atoms with Crippen molar-refractivity contribution in [3.05, 3.63) is 24.3 Å². The zero-order chi connectivity index (χ0) is 45.0. The van der Waals surface area contributed by atoms with E-state index in [1.807, 2.05) is 0 Å². The number of carbonyl (C=O) groups excluding carboxylic acids is 1. The van der Waals surface area contributed by atoms with Gasteiger partial charge in [-0.25, -0.2) is 0 Å². The minimum absolute atomic E-state index is 0.109. The van der Waals surface area contributed by atoms with E-state index in [4.69, 9.17) is 18.9 Å². The van der Waals surface area contributed by atoms with Crippen LogP contribution in [0.4, 0.5) is 0 Å². The van der Waals surface area contributed by atoms with Gasteiger partial charge in [0.25, 0.3) is 0 Å². The molecule has 9 heteroatoms. The summed E-state index contributed by atoms with van der Waals surface area (Å²) in [5.41, 5.74) is 0. The molecule has 0 saturated carbocycles. The quantitative estimate of drug-likeness (QED) is 0.0268. The van der Waals surface area contributed by atoms with Crippen molar-refractivity contribution in [3.8, 4) is 0 Å². The van der Waals surface area contributed by atoms with E-state index in [1.165, 1.54) is 186 Å². The van der Waals surface area contributed by atoms with Gasteiger partial charge in [0, 0.05) is 13.0 Å². The lowest BCUT2D eigenvalue weighted by Gasteiger charge is -2.39. The predicted molar refractivity (Wildman–Crippen MR) is 256 cm³/mol. The number of esters is 1. The molecule has 0 aromatic heterocycles. The second kappa shape index (κ2) is 44.9. The normalized spacial score (nSPS) is 19.9. The van der Waals surface area contributed by atoms with Gasteiger partial charge < -0.3 is 39.4 Å². The molecular weight excluding hydrogens is 781 g/mol. The van der Waals surface area contributed by atoms with Crippen LogP contribution in [0.1, 0.15) is 245 Å². The maximum Gasteiger partial charge on any atom is 0.306 e. The molecule has 366 valence electrons. The third kappa shape index (κ3) is 35.0. The molecule has 0 spiro atoms. The predicted octanol–water partition coefficient (Wildman–Crippen LogP) is 12.9. The Morgan fingerprint density at radius 2 is 0.935 bits per heavy atom. The highest BCUT2D eigenvalue weighted by atomic mass is 16.7. The number of unbranched alkanes of at least 4 members (excludes halogenated alkanes) is 31. The van der Waals surface area contributed by atoms with E-state index >= 15 is 0 Å². The molecule has 1 aliphatic rings. The van der Waals surface area contributed by atoms with Gasteiger partial charge in [0.05, 0.1) is 19.8 Å². The van der Waals surface area contributed by atoms with Crippen molar-refractivity contribution in [3.63, 3.8) is 0 Å². The number of rotatable bonds is 46. The van der Waals surface area contributed by atoms with Crippen molar-refractivity contribution in [2.24, 2.45) is 0 Å². The molecule has 0 aromatic rings. The van der Waals surface area contributed by atoms with Crippen LogP contribution in [-0.2, 0) is 23.7 Å². The molecule has 1 saturated heterocycles. The van der Waals surface area contributed by atoms with Gasteiger partial charge in [-0.3, -0.25) is 4.79 Å². The topological polar surface area (TPSA) is 135 Å². The molecule has 1 fully saturated rings. The van der Waals surface area contributed by atoms with Crippen LogP contribution in [-0.4, -0.2) is 89.6 Å².